The van der Waals surface area contributed by atoms with Crippen molar-refractivity contribution in [2.24, 2.45) is 14.1 Å². The molecule has 0 aliphatic carbocycles. The molecule has 0 atom stereocenters. The Balaban J connectivity index is 1.70. The van der Waals surface area contributed by atoms with Crippen molar-refractivity contribution in [1.29, 1.82) is 0 Å². The van der Waals surface area contributed by atoms with Gasteiger partial charge in [0.05, 0.1) is 16.8 Å². The van der Waals surface area contributed by atoms with Gasteiger partial charge in [-0.1, -0.05) is 17.8 Å². The lowest BCUT2D eigenvalue weighted by Gasteiger charge is -2.10. The summed E-state index contributed by atoms with van der Waals surface area (Å²) in [7, 11) is 2.88. The third kappa shape index (κ3) is 3.50. The molecule has 0 spiro atoms. The van der Waals surface area contributed by atoms with Crippen LogP contribution < -0.4 is 16.6 Å². The third-order valence-corrected chi connectivity index (χ3v) is 4.62. The smallest absolute Gasteiger partial charge is 0.332 e. The number of aryl methyl sites for hydroxylation is 1. The average molecular weight is 359 g/mol. The number of nitrogens with zero attached hydrogens (tertiary/aromatic N) is 3. The van der Waals surface area contributed by atoms with Crippen molar-refractivity contribution < 1.29 is 4.79 Å². The van der Waals surface area contributed by atoms with E-state index in [-0.39, 0.29) is 17.5 Å². The molecule has 0 saturated carbocycles. The molecule has 0 radical (unpaired) electrons. The molecule has 3 rings (SSSR count). The molecule has 3 aromatic rings. The second-order valence-electron chi connectivity index (χ2n) is 5.67. The summed E-state index contributed by atoms with van der Waals surface area (Å²) in [4.78, 5) is 43.2. The fourth-order valence-corrected chi connectivity index (χ4v) is 3.02. The number of fused-ring (bicyclic) bond motifs is 1. The number of benzene rings is 1. The van der Waals surface area contributed by atoms with E-state index in [1.165, 1.54) is 36.5 Å². The predicted molar refractivity (Wildman–Crippen MR) is 97.1 cm³/mol. The minimum Gasteiger partial charge on any atom is -0.333 e. The van der Waals surface area contributed by atoms with Crippen LogP contribution in [0.2, 0.25) is 0 Å². The number of nitrogens with one attached hydrogen (secondary N) is 2. The van der Waals surface area contributed by atoms with Crippen LogP contribution in [0.3, 0.4) is 0 Å². The highest BCUT2D eigenvalue weighted by atomic mass is 32.2. The molecule has 8 nitrogen and oxygen atoms in total. The van der Waals surface area contributed by atoms with E-state index in [1.54, 1.807) is 0 Å². The largest absolute Gasteiger partial charge is 0.333 e. The summed E-state index contributed by atoms with van der Waals surface area (Å²) in [6.45, 7) is 1.99. The van der Waals surface area contributed by atoms with E-state index in [4.69, 9.17) is 0 Å². The summed E-state index contributed by atoms with van der Waals surface area (Å²) in [6, 6.07) is 7.09. The Morgan fingerprint density at radius 2 is 2.00 bits per heavy atom. The minimum atomic E-state index is -0.497. The van der Waals surface area contributed by atoms with Crippen molar-refractivity contribution in [3.63, 3.8) is 0 Å². The number of hydrogen-bond donors (Lipinski definition) is 2. The first-order valence-electron chi connectivity index (χ1n) is 7.51. The third-order valence-electron chi connectivity index (χ3n) is 3.75. The molecule has 25 heavy (non-hydrogen) atoms. The first kappa shape index (κ1) is 17.0. The molecule has 0 saturated heterocycles. The summed E-state index contributed by atoms with van der Waals surface area (Å²) in [5.74, 6) is -0.0637. The van der Waals surface area contributed by atoms with E-state index >= 15 is 0 Å². The van der Waals surface area contributed by atoms with Gasteiger partial charge in [-0.15, -0.1) is 0 Å². The maximum atomic E-state index is 12.1. The van der Waals surface area contributed by atoms with Crippen molar-refractivity contribution in [1.82, 2.24) is 19.1 Å². The molecule has 1 amide bonds. The van der Waals surface area contributed by atoms with Crippen molar-refractivity contribution in [2.45, 2.75) is 12.1 Å². The first-order valence-corrected chi connectivity index (χ1v) is 8.50. The Morgan fingerprint density at radius 1 is 1.24 bits per heavy atom. The van der Waals surface area contributed by atoms with E-state index in [2.05, 4.69) is 15.3 Å². The first-order chi connectivity index (χ1) is 11.8. The van der Waals surface area contributed by atoms with Crippen LogP contribution in [-0.2, 0) is 18.9 Å². The Kier molecular flexibility index (Phi) is 4.49. The molecule has 0 fully saturated rings. The molecule has 1 aromatic carbocycles. The van der Waals surface area contributed by atoms with E-state index in [0.29, 0.717) is 5.16 Å². The van der Waals surface area contributed by atoms with Gasteiger partial charge in [0, 0.05) is 20.2 Å². The molecule has 9 heteroatoms. The van der Waals surface area contributed by atoms with Crippen LogP contribution in [0.25, 0.3) is 11.0 Å². The van der Waals surface area contributed by atoms with Gasteiger partial charge in [0.2, 0.25) is 5.91 Å². The quantitative estimate of drug-likeness (QED) is 0.677. The number of thioether (sulfide) groups is 1. The van der Waals surface area contributed by atoms with E-state index in [9.17, 15) is 14.4 Å². The van der Waals surface area contributed by atoms with Gasteiger partial charge >= 0.3 is 5.69 Å². The Labute approximate surface area is 146 Å². The number of rotatable bonds is 4. The number of carbonyl (C=O) groups is 1. The van der Waals surface area contributed by atoms with Crippen molar-refractivity contribution in [2.75, 3.05) is 11.1 Å². The number of imidazole rings is 1. The summed E-state index contributed by atoms with van der Waals surface area (Å²) in [6.07, 6.45) is 0. The SMILES string of the molecule is Cc1ccc2nc(SCC(=O)Nc3cc(=O)n(C)c(=O)n3C)[nH]c2c1. The highest BCUT2D eigenvalue weighted by Crippen LogP contribution is 2.20. The minimum absolute atomic E-state index is 0.0994. The number of amides is 1. The highest BCUT2D eigenvalue weighted by molar-refractivity contribution is 7.99. The molecule has 0 aliphatic heterocycles. The summed E-state index contributed by atoms with van der Waals surface area (Å²) >= 11 is 1.25. The van der Waals surface area contributed by atoms with Gasteiger partial charge in [0.25, 0.3) is 5.56 Å². The zero-order valence-electron chi connectivity index (χ0n) is 14.0. The molecule has 2 heterocycles. The lowest BCUT2D eigenvalue weighted by Crippen LogP contribution is -2.38. The van der Waals surface area contributed by atoms with E-state index < -0.39 is 11.2 Å². The fraction of sp³-hybridized carbons (Fsp3) is 0.250. The Hall–Kier alpha value is -2.81. The van der Waals surface area contributed by atoms with Crippen molar-refractivity contribution >= 4 is 34.5 Å². The van der Waals surface area contributed by atoms with Gasteiger partial charge in [-0.3, -0.25) is 18.7 Å². The zero-order valence-corrected chi connectivity index (χ0v) is 14.8. The molecule has 0 unspecified atom stereocenters. The van der Waals surface area contributed by atoms with E-state index in [0.717, 1.165) is 21.2 Å². The van der Waals surface area contributed by atoms with Gasteiger partial charge in [-0.25, -0.2) is 9.78 Å². The molecule has 0 bridgehead atoms. The van der Waals surface area contributed by atoms with Crippen LogP contribution in [0.15, 0.2) is 39.0 Å². The van der Waals surface area contributed by atoms with Crippen molar-refractivity contribution in [3.8, 4) is 0 Å². The number of aromatic amines is 1. The van der Waals surface area contributed by atoms with E-state index in [1.807, 2.05) is 25.1 Å². The van der Waals surface area contributed by atoms with Crippen LogP contribution in [-0.4, -0.2) is 30.8 Å². The van der Waals surface area contributed by atoms with Gasteiger partial charge in [0.15, 0.2) is 5.16 Å². The molecular formula is C16H17N5O3S. The number of aromatic nitrogens is 4. The van der Waals surface area contributed by atoms with Crippen LogP contribution in [0, 0.1) is 6.92 Å². The summed E-state index contributed by atoms with van der Waals surface area (Å²) in [5, 5.41) is 3.21. The lowest BCUT2D eigenvalue weighted by atomic mass is 10.2. The standard InChI is InChI=1S/C16H17N5O3S/c1-9-4-5-10-11(6-9)18-15(17-10)25-8-13(22)19-12-7-14(23)21(3)16(24)20(12)2/h4-7H,8H2,1-3H3,(H,17,18)(H,19,22). The van der Waals surface area contributed by atoms with Gasteiger partial charge < -0.3 is 10.3 Å². The Bertz CT molecular complexity index is 1080. The zero-order chi connectivity index (χ0) is 18.1. The Morgan fingerprint density at radius 3 is 2.76 bits per heavy atom. The predicted octanol–water partition coefficient (Wildman–Crippen LogP) is 1.000. The second-order valence-corrected chi connectivity index (χ2v) is 6.63. The average Bonchev–Trinajstić information content (AvgIpc) is 2.98. The number of hydrogen-bond acceptors (Lipinski definition) is 5. The number of H-pyrrole nitrogens is 1. The molecule has 0 aliphatic rings. The summed E-state index contributed by atoms with van der Waals surface area (Å²) in [5.41, 5.74) is 1.90. The molecule has 130 valence electrons. The summed E-state index contributed by atoms with van der Waals surface area (Å²) < 4.78 is 2.19. The molecule has 2 N–H and O–H groups in total. The van der Waals surface area contributed by atoms with Gasteiger partial charge in [-0.2, -0.15) is 0 Å². The van der Waals surface area contributed by atoms with Crippen LogP contribution in [0.5, 0.6) is 0 Å². The van der Waals surface area contributed by atoms with Gasteiger partial charge in [0.1, 0.15) is 5.82 Å². The van der Waals surface area contributed by atoms with Gasteiger partial charge in [-0.05, 0) is 24.6 Å². The highest BCUT2D eigenvalue weighted by Gasteiger charge is 2.11. The monoisotopic (exact) mass is 359 g/mol. The second kappa shape index (κ2) is 6.60. The maximum absolute atomic E-state index is 12.1. The topological polar surface area (TPSA) is 102 Å². The normalized spacial score (nSPS) is 11.0. The molecule has 2 aromatic heterocycles. The van der Waals surface area contributed by atoms with Crippen LogP contribution >= 0.6 is 11.8 Å². The van der Waals surface area contributed by atoms with Crippen molar-refractivity contribution in [3.05, 3.63) is 50.7 Å². The van der Waals surface area contributed by atoms with Crippen LogP contribution in [0.1, 0.15) is 5.56 Å². The fourth-order valence-electron chi connectivity index (χ4n) is 2.33. The molecular weight excluding hydrogens is 342 g/mol. The number of anilines is 1. The van der Waals surface area contributed by atoms with Crippen LogP contribution in [0.4, 0.5) is 5.82 Å². The lowest BCUT2D eigenvalue weighted by molar-refractivity contribution is -0.113. The maximum Gasteiger partial charge on any atom is 0.332 e. The number of carbonyl (C=O) groups excluding carboxylic acids is 1.